The van der Waals surface area contributed by atoms with Gasteiger partial charge in [-0.15, -0.1) is 0 Å². The van der Waals surface area contributed by atoms with Gasteiger partial charge in [-0.2, -0.15) is 0 Å². The molecule has 0 unspecified atom stereocenters. The smallest absolute Gasteiger partial charge is 0.269 e. The van der Waals surface area contributed by atoms with E-state index in [1.807, 2.05) is 4.57 Å². The Bertz CT molecular complexity index is 1760. The minimum Gasteiger partial charge on any atom is -0.414 e. The lowest BCUT2D eigenvalue weighted by Crippen LogP contribution is -2.54. The van der Waals surface area contributed by atoms with Crippen LogP contribution in [0.25, 0.3) is 11.2 Å². The van der Waals surface area contributed by atoms with Crippen LogP contribution in [0, 0.1) is 10.1 Å². The average molecular weight is 773 g/mol. The Balaban J connectivity index is 1.83. The Morgan fingerprint density at radius 2 is 1.37 bits per heavy atom. The molecule has 0 aliphatic carbocycles. The van der Waals surface area contributed by atoms with Crippen molar-refractivity contribution >= 4 is 53.5 Å². The van der Waals surface area contributed by atoms with Crippen LogP contribution in [-0.4, -0.2) is 87.3 Å². The normalized spacial score (nSPS) is 20.8. The predicted octanol–water partition coefficient (Wildman–Crippen LogP) is 8.71. The Hall–Kier alpha value is -2.87. The molecule has 52 heavy (non-hydrogen) atoms. The van der Waals surface area contributed by atoms with Crippen molar-refractivity contribution < 1.29 is 27.7 Å². The van der Waals surface area contributed by atoms with E-state index in [1.54, 1.807) is 13.4 Å². The molecule has 16 heteroatoms. The fraction of sp³-hybridized carbons (Fsp3) is 0.667. The van der Waals surface area contributed by atoms with Crippen molar-refractivity contribution in [2.24, 2.45) is 0 Å². The number of ether oxygens (including phenoxy) is 1. The van der Waals surface area contributed by atoms with E-state index in [-0.39, 0.29) is 26.4 Å². The number of carbonyl (C=O) groups excluding carboxylic acids is 1. The van der Waals surface area contributed by atoms with Gasteiger partial charge >= 0.3 is 0 Å². The largest absolute Gasteiger partial charge is 0.414 e. The third-order valence-electron chi connectivity index (χ3n) is 11.7. The SMILES string of the molecule is CN(C(=O)c1ccc([N+](=O)[O-])cc1)c1ncnc2c1ncn2[C@@H]1O[C@H](CO[Si](C)(C)C(C)(C)C)[C@@H](O[Si](C)(C)C(C)(C)C)[C@H]1O[Si](C)(C)C(C)(C)C. The summed E-state index contributed by atoms with van der Waals surface area (Å²) in [6.45, 7) is 33.8. The van der Waals surface area contributed by atoms with Crippen LogP contribution in [0.3, 0.4) is 0 Å². The number of aromatic nitrogens is 4. The molecule has 4 rings (SSSR count). The van der Waals surface area contributed by atoms with Crippen LogP contribution < -0.4 is 4.90 Å². The monoisotopic (exact) mass is 772 g/mol. The number of nitro groups is 1. The molecular formula is C36H60N6O7Si3. The highest BCUT2D eigenvalue weighted by Gasteiger charge is 2.55. The minimum absolute atomic E-state index is 0.00360. The summed E-state index contributed by atoms with van der Waals surface area (Å²) < 4.78 is 30.3. The highest BCUT2D eigenvalue weighted by atomic mass is 28.4. The second kappa shape index (κ2) is 14.4. The second-order valence-electron chi connectivity index (χ2n) is 18.5. The summed E-state index contributed by atoms with van der Waals surface area (Å²) >= 11 is 0. The van der Waals surface area contributed by atoms with E-state index in [4.69, 9.17) is 23.0 Å². The number of benzene rings is 1. The Kier molecular flexibility index (Phi) is 11.6. The van der Waals surface area contributed by atoms with Gasteiger partial charge in [0.25, 0.3) is 11.6 Å². The number of hydrogen-bond acceptors (Lipinski definition) is 10. The van der Waals surface area contributed by atoms with Crippen molar-refractivity contribution in [3.8, 4) is 0 Å². The number of hydrogen-bond donors (Lipinski definition) is 0. The molecule has 1 aliphatic heterocycles. The molecule has 288 valence electrons. The summed E-state index contributed by atoms with van der Waals surface area (Å²) in [6, 6.07) is 5.47. The number of rotatable bonds is 11. The van der Waals surface area contributed by atoms with Crippen LogP contribution in [0.4, 0.5) is 11.5 Å². The van der Waals surface area contributed by atoms with Crippen molar-refractivity contribution in [3.05, 3.63) is 52.6 Å². The zero-order valence-corrected chi connectivity index (χ0v) is 37.0. The topological polar surface area (TPSA) is 144 Å². The van der Waals surface area contributed by atoms with Gasteiger partial charge in [-0.05, 0) is 66.5 Å². The molecule has 0 saturated carbocycles. The van der Waals surface area contributed by atoms with Gasteiger partial charge < -0.3 is 18.0 Å². The molecule has 3 aromatic rings. The fourth-order valence-corrected chi connectivity index (χ4v) is 8.78. The number of nitro benzene ring substituents is 1. The van der Waals surface area contributed by atoms with Crippen LogP contribution in [0.15, 0.2) is 36.9 Å². The molecule has 4 atom stereocenters. The van der Waals surface area contributed by atoms with Gasteiger partial charge in [0.1, 0.15) is 24.6 Å². The number of non-ortho nitro benzene ring substituents is 1. The first-order valence-electron chi connectivity index (χ1n) is 17.9. The van der Waals surface area contributed by atoms with Gasteiger partial charge in [0.15, 0.2) is 48.2 Å². The minimum atomic E-state index is -2.40. The Morgan fingerprint density at radius 1 is 0.846 bits per heavy atom. The molecule has 1 amide bonds. The van der Waals surface area contributed by atoms with Crippen molar-refractivity contribution in [2.75, 3.05) is 18.6 Å². The summed E-state index contributed by atoms with van der Waals surface area (Å²) in [5.74, 6) is -0.106. The number of fused-ring (bicyclic) bond motifs is 1. The van der Waals surface area contributed by atoms with Gasteiger partial charge in [-0.1, -0.05) is 62.3 Å². The first kappa shape index (κ1) is 41.9. The molecule has 0 N–H and O–H groups in total. The predicted molar refractivity (Wildman–Crippen MR) is 212 cm³/mol. The van der Waals surface area contributed by atoms with Gasteiger partial charge in [0.2, 0.25) is 0 Å². The van der Waals surface area contributed by atoms with Crippen molar-refractivity contribution in [2.45, 2.75) is 141 Å². The molecular weight excluding hydrogens is 713 g/mol. The van der Waals surface area contributed by atoms with Crippen LogP contribution in [0.5, 0.6) is 0 Å². The summed E-state index contributed by atoms with van der Waals surface area (Å²) in [5.41, 5.74) is 1.05. The van der Waals surface area contributed by atoms with Gasteiger partial charge in [-0.25, -0.2) is 15.0 Å². The van der Waals surface area contributed by atoms with E-state index in [1.165, 1.54) is 35.5 Å². The molecule has 3 heterocycles. The average Bonchev–Trinajstić information content (AvgIpc) is 3.58. The maximum Gasteiger partial charge on any atom is 0.269 e. The highest BCUT2D eigenvalue weighted by molar-refractivity contribution is 6.75. The summed E-state index contributed by atoms with van der Waals surface area (Å²) in [7, 11) is -5.33. The number of amides is 1. The van der Waals surface area contributed by atoms with Crippen LogP contribution in [0.1, 0.15) is 78.9 Å². The van der Waals surface area contributed by atoms with Crippen molar-refractivity contribution in [1.29, 1.82) is 0 Å². The van der Waals surface area contributed by atoms with E-state index in [2.05, 4.69) is 112 Å². The van der Waals surface area contributed by atoms with E-state index in [0.29, 0.717) is 23.6 Å². The van der Waals surface area contributed by atoms with Gasteiger partial charge in [0.05, 0.1) is 17.9 Å². The zero-order chi connectivity index (χ0) is 39.4. The Labute approximate surface area is 312 Å². The number of imidazole rings is 1. The molecule has 0 radical (unpaired) electrons. The maximum atomic E-state index is 13.6. The molecule has 1 aliphatic rings. The quantitative estimate of drug-likeness (QED) is 0.105. The van der Waals surface area contributed by atoms with Crippen molar-refractivity contribution in [1.82, 2.24) is 19.5 Å². The van der Waals surface area contributed by atoms with E-state index in [9.17, 15) is 14.9 Å². The molecule has 0 bridgehead atoms. The van der Waals surface area contributed by atoms with E-state index in [0.717, 1.165) is 0 Å². The van der Waals surface area contributed by atoms with Crippen LogP contribution in [0.2, 0.25) is 54.4 Å². The molecule has 1 aromatic carbocycles. The maximum absolute atomic E-state index is 13.6. The van der Waals surface area contributed by atoms with Gasteiger partial charge in [-0.3, -0.25) is 24.4 Å². The highest BCUT2D eigenvalue weighted by Crippen LogP contribution is 2.47. The lowest BCUT2D eigenvalue weighted by molar-refractivity contribution is -0.384. The first-order chi connectivity index (χ1) is 23.6. The summed E-state index contributed by atoms with van der Waals surface area (Å²) in [6.07, 6.45) is 1.01. The lowest BCUT2D eigenvalue weighted by Gasteiger charge is -2.44. The zero-order valence-electron chi connectivity index (χ0n) is 34.0. The summed E-state index contributed by atoms with van der Waals surface area (Å²) in [5, 5.41) is 11.0. The number of carbonyl (C=O) groups is 1. The van der Waals surface area contributed by atoms with Crippen LogP contribution in [-0.2, 0) is 18.0 Å². The standard InChI is InChI=1S/C36H60N6O7Si3/c1-34(2,3)50(11,12)46-21-26-28(48-51(13,14)35(4,5)6)29(49-52(15,16)36(7,8)9)33(47-26)41-23-39-27-30(37-22-38-31(27)41)40(10)32(43)24-17-19-25(20-18-24)42(44)45/h17-20,22-23,26,28-29,33H,21H2,1-16H3/t26-,28-,29-,33-/m1/s1. The molecule has 13 nitrogen and oxygen atoms in total. The summed E-state index contributed by atoms with van der Waals surface area (Å²) in [4.78, 5) is 39.4. The van der Waals surface area contributed by atoms with E-state index >= 15 is 0 Å². The molecule has 0 spiro atoms. The first-order valence-corrected chi connectivity index (χ1v) is 26.7. The van der Waals surface area contributed by atoms with Crippen LogP contribution >= 0.6 is 0 Å². The number of anilines is 1. The molecule has 2 aromatic heterocycles. The lowest BCUT2D eigenvalue weighted by atomic mass is 10.1. The van der Waals surface area contributed by atoms with Gasteiger partial charge in [0, 0.05) is 24.7 Å². The Morgan fingerprint density at radius 3 is 1.87 bits per heavy atom. The second-order valence-corrected chi connectivity index (χ2v) is 32.8. The third-order valence-corrected chi connectivity index (χ3v) is 25.2. The third kappa shape index (κ3) is 8.42. The molecule has 1 saturated heterocycles. The fourth-order valence-electron chi connectivity index (χ4n) is 5.16. The molecule has 1 fully saturated rings. The van der Waals surface area contributed by atoms with Crippen molar-refractivity contribution in [3.63, 3.8) is 0 Å². The number of nitrogens with zero attached hydrogens (tertiary/aromatic N) is 6. The van der Waals surface area contributed by atoms with E-state index < -0.39 is 60.3 Å².